The third-order valence-corrected chi connectivity index (χ3v) is 21.8. The van der Waals surface area contributed by atoms with Gasteiger partial charge in [-0.15, -0.1) is 13.2 Å². The molecule has 6 aromatic rings. The molecule has 100 heavy (non-hydrogen) atoms. The van der Waals surface area contributed by atoms with E-state index in [4.69, 9.17) is 0 Å². The lowest BCUT2D eigenvalue weighted by Gasteiger charge is -2.52. The van der Waals surface area contributed by atoms with Gasteiger partial charge in [-0.3, -0.25) is 19.3 Å². The first kappa shape index (κ1) is 74.6. The number of benzene rings is 3. The van der Waals surface area contributed by atoms with Crippen molar-refractivity contribution in [3.05, 3.63) is 165 Å². The molecule has 12 rings (SSSR count). The van der Waals surface area contributed by atoms with Crippen LogP contribution in [0.15, 0.2) is 102 Å². The first-order chi connectivity index (χ1) is 46.6. The Labute approximate surface area is 573 Å². The van der Waals surface area contributed by atoms with E-state index in [9.17, 15) is 85.4 Å². The highest BCUT2D eigenvalue weighted by atomic mass is 32.2. The lowest BCUT2D eigenvalue weighted by Crippen LogP contribution is -2.61. The summed E-state index contributed by atoms with van der Waals surface area (Å²) < 4.78 is 194. The molecule has 9 heterocycles. The Bertz CT molecular complexity index is 4180. The number of carbonyl (C=O) groups is 4. The summed E-state index contributed by atoms with van der Waals surface area (Å²) in [4.78, 5) is 62.4. The second-order valence-corrected chi connectivity index (χ2v) is 28.6. The molecule has 0 aliphatic carbocycles. The van der Waals surface area contributed by atoms with Crippen LogP contribution in [-0.4, -0.2) is 174 Å². The number of aromatic nitrogens is 3. The molecule has 0 atom stereocenters. The Hall–Kier alpha value is -8.07. The van der Waals surface area contributed by atoms with Gasteiger partial charge in [0.05, 0.1) is 32.7 Å². The number of aryl methyl sites for hydroxylation is 2. The largest absolute Gasteiger partial charge is 0.573 e. The first-order valence-electron chi connectivity index (χ1n) is 32.4. The molecule has 548 valence electrons. The fourth-order valence-corrected chi connectivity index (χ4v) is 16.2. The maximum Gasteiger partial charge on any atom is 0.573 e. The van der Waals surface area contributed by atoms with Gasteiger partial charge in [0.25, 0.3) is 17.7 Å². The van der Waals surface area contributed by atoms with Gasteiger partial charge in [0.2, 0.25) is 10.0 Å². The molecule has 0 saturated carbocycles. The summed E-state index contributed by atoms with van der Waals surface area (Å²) in [6.07, 6.45) is -15.9. The average Bonchev–Trinajstić information content (AvgIpc) is 1.44. The van der Waals surface area contributed by atoms with Crippen molar-refractivity contribution in [2.45, 2.75) is 138 Å². The predicted octanol–water partition coefficient (Wildman–Crippen LogP) is 11.6. The van der Waals surface area contributed by atoms with Crippen LogP contribution in [0.5, 0.6) is 5.75 Å². The number of nitrogens with one attached hydrogen (secondary N) is 2. The fraction of sp³-hybridized carbons (Fsp3) is 0.500. The Kier molecular flexibility index (Phi) is 20.4. The molecule has 0 radical (unpaired) electrons. The van der Waals surface area contributed by atoms with Crippen molar-refractivity contribution in [2.24, 2.45) is 0 Å². The summed E-state index contributed by atoms with van der Waals surface area (Å²) in [6, 6.07) is 22.3. The number of likely N-dealkylation sites (N-methyl/N-ethyl adjacent to an activating group) is 1. The number of aliphatic hydroxyl groups is 1. The van der Waals surface area contributed by atoms with Crippen LogP contribution in [0.3, 0.4) is 0 Å². The SMILES string of the molecule is CN1CCn2c(C(F)(F)F)ccc2C12CCN(C(=O)c1ccccc1OC(F)(F)F)CC2.CNS(=O)(=O)c1ccc(C(=O)N2CCC3(CC2)NCCn2c(C(F)(F)F)ccc23)cc1C.Cc1cc(C(=O)N2CCC3(CC2)c2ccc(C(F)(F)F)n2CCN3C(=O)N(C)C)ccc1C(C)(C)O.[HH].[HH]. The zero-order chi connectivity index (χ0) is 73.3. The summed E-state index contributed by atoms with van der Waals surface area (Å²) in [5.41, 5.74) is -1.00. The minimum absolute atomic E-state index is 0. The predicted molar refractivity (Wildman–Crippen MR) is 346 cm³/mol. The van der Waals surface area contributed by atoms with Gasteiger partial charge in [0, 0.05) is 124 Å². The molecule has 19 nitrogen and oxygen atoms in total. The van der Waals surface area contributed by atoms with E-state index in [1.54, 1.807) is 73.8 Å². The number of piperidine rings is 3. The van der Waals surface area contributed by atoms with Crippen molar-refractivity contribution in [1.29, 1.82) is 0 Å². The Morgan fingerprint density at radius 2 is 1.01 bits per heavy atom. The van der Waals surface area contributed by atoms with E-state index in [2.05, 4.69) is 14.8 Å². The van der Waals surface area contributed by atoms with Gasteiger partial charge >= 0.3 is 30.9 Å². The number of likely N-dealkylation sites (tertiary alicyclic amines) is 3. The molecule has 0 unspecified atom stereocenters. The Balaban J connectivity index is 0.000000193. The summed E-state index contributed by atoms with van der Waals surface area (Å²) in [7, 11) is 2.80. The summed E-state index contributed by atoms with van der Waals surface area (Å²) in [6.45, 7) is 10.1. The number of urea groups is 1. The van der Waals surface area contributed by atoms with Gasteiger partial charge < -0.3 is 53.4 Å². The van der Waals surface area contributed by atoms with Gasteiger partial charge in [-0.2, -0.15) is 39.5 Å². The Morgan fingerprint density at radius 3 is 1.49 bits per heavy atom. The number of para-hydroxylation sites is 1. The molecule has 3 aromatic heterocycles. The van der Waals surface area contributed by atoms with Crippen molar-refractivity contribution >= 4 is 33.8 Å². The lowest BCUT2D eigenvalue weighted by atomic mass is 9.81. The first-order valence-corrected chi connectivity index (χ1v) is 33.9. The maximum atomic E-state index is 13.7. The Morgan fingerprint density at radius 1 is 0.560 bits per heavy atom. The maximum absolute atomic E-state index is 13.7. The number of hydrogen-bond acceptors (Lipinski definition) is 10. The number of carbonyl (C=O) groups excluding carboxylic acids is 4. The molecule has 6 aliphatic rings. The highest BCUT2D eigenvalue weighted by Gasteiger charge is 2.53. The molecule has 32 heteroatoms. The second kappa shape index (κ2) is 27.4. The number of rotatable bonds is 7. The minimum atomic E-state index is -4.94. The lowest BCUT2D eigenvalue weighted by molar-refractivity contribution is -0.274. The molecule has 3 N–H and O–H groups in total. The van der Waals surface area contributed by atoms with Crippen molar-refractivity contribution in [3.8, 4) is 5.75 Å². The van der Waals surface area contributed by atoms with Crippen molar-refractivity contribution in [2.75, 3.05) is 87.1 Å². The van der Waals surface area contributed by atoms with Crippen LogP contribution in [-0.2, 0) is 70.4 Å². The van der Waals surface area contributed by atoms with Crippen LogP contribution in [0.25, 0.3) is 0 Å². The number of hydrogen-bond donors (Lipinski definition) is 3. The standard InChI is InChI=1S/C26H33F3N4O3.C21H21F6N3O2.C21H25F3N4O3S.2H2/c1-17-16-18(6-7-19(17)24(2,3)36)22(34)31-12-10-25(11-13-31)20-8-9-21(26(27,28)29)32(20)14-15-33(25)23(35)30(4)5;1-28-12-13-30-16(6-7-17(30)20(22,23)24)19(28)8-10-29(11-9-19)18(31)14-4-2-3-5-15(14)32-21(25,26)27;1-14-13-15(3-4-16(14)32(30,31)25-2)19(29)27-10-7-20(8-11-27)17-5-6-18(21(22,23)24)28(17)12-9-26-20;;/h6-9,16,36H,10-15H2,1-5H3;2-7H,8-13H2,1H3;3-6,13,25-26H,7-12H2,1-2H3;2*1H. The molecule has 5 amide bonds. The number of halogens is 12. The molecule has 0 bridgehead atoms. The highest BCUT2D eigenvalue weighted by Crippen LogP contribution is 2.48. The van der Waals surface area contributed by atoms with Gasteiger partial charge in [-0.1, -0.05) is 18.2 Å². The normalized spacial score (nSPS) is 18.5. The van der Waals surface area contributed by atoms with E-state index in [0.717, 1.165) is 35.4 Å². The van der Waals surface area contributed by atoms with Crippen LogP contribution >= 0.6 is 0 Å². The third-order valence-electron chi connectivity index (χ3n) is 20.2. The number of nitrogens with zero attached hydrogens (tertiary/aromatic N) is 9. The van der Waals surface area contributed by atoms with Crippen LogP contribution in [0.4, 0.5) is 57.5 Å². The second-order valence-electron chi connectivity index (χ2n) is 26.8. The van der Waals surface area contributed by atoms with E-state index in [1.165, 1.54) is 79.1 Å². The molecule has 3 fully saturated rings. The number of amides is 5. The molecule has 3 spiro atoms. The van der Waals surface area contributed by atoms with Crippen LogP contribution in [0.1, 0.15) is 137 Å². The molecule has 3 saturated heterocycles. The summed E-state index contributed by atoms with van der Waals surface area (Å²) >= 11 is 0. The molecular formula is C68H83F12N11O8S. The fourth-order valence-electron chi connectivity index (χ4n) is 15.2. The number of alkyl halides is 12. The van der Waals surface area contributed by atoms with Crippen LogP contribution < -0.4 is 14.8 Å². The van der Waals surface area contributed by atoms with Gasteiger partial charge in [-0.25, -0.2) is 17.9 Å². The van der Waals surface area contributed by atoms with E-state index in [1.807, 2.05) is 18.9 Å². The molecule has 6 aliphatic heterocycles. The van der Waals surface area contributed by atoms with Crippen LogP contribution in [0, 0.1) is 13.8 Å². The van der Waals surface area contributed by atoms with Gasteiger partial charge in [0.15, 0.2) is 0 Å². The van der Waals surface area contributed by atoms with Crippen LogP contribution in [0.2, 0.25) is 0 Å². The van der Waals surface area contributed by atoms with Crippen molar-refractivity contribution in [1.82, 2.24) is 53.1 Å². The van der Waals surface area contributed by atoms with E-state index >= 15 is 0 Å². The van der Waals surface area contributed by atoms with Gasteiger partial charge in [-0.05, 0) is 176 Å². The quantitative estimate of drug-likeness (QED) is 0.130. The van der Waals surface area contributed by atoms with E-state index < -0.39 is 85.9 Å². The van der Waals surface area contributed by atoms with Crippen molar-refractivity contribution < 1.29 is 93.0 Å². The van der Waals surface area contributed by atoms with Gasteiger partial charge in [0.1, 0.15) is 22.8 Å². The molecule has 3 aromatic carbocycles. The number of ether oxygens (including phenoxy) is 1. The molecular weight excluding hydrogens is 1360 g/mol. The monoisotopic (exact) mass is 1440 g/mol. The van der Waals surface area contributed by atoms with E-state index in [-0.39, 0.29) is 70.4 Å². The average molecular weight is 1440 g/mol. The number of fused-ring (bicyclic) bond motifs is 6. The highest BCUT2D eigenvalue weighted by molar-refractivity contribution is 7.89. The zero-order valence-electron chi connectivity index (χ0n) is 56.2. The smallest absolute Gasteiger partial charge is 0.405 e. The van der Waals surface area contributed by atoms with E-state index in [0.29, 0.717) is 112 Å². The minimum Gasteiger partial charge on any atom is -0.405 e. The topological polar surface area (TPSA) is 190 Å². The summed E-state index contributed by atoms with van der Waals surface area (Å²) in [5.74, 6) is -1.59. The summed E-state index contributed by atoms with van der Waals surface area (Å²) in [5, 5.41) is 13.7. The number of sulfonamides is 1. The third kappa shape index (κ3) is 14.6. The zero-order valence-corrected chi connectivity index (χ0v) is 57.1. The van der Waals surface area contributed by atoms with Crippen molar-refractivity contribution in [3.63, 3.8) is 0 Å².